The van der Waals surface area contributed by atoms with Crippen LogP contribution in [0, 0.1) is 0 Å². The van der Waals surface area contributed by atoms with E-state index in [1.54, 1.807) is 29.2 Å². The number of carbonyl (C=O) groups is 3. The Morgan fingerprint density at radius 1 is 1.12 bits per heavy atom. The SMILES string of the molecule is CCN(CC)C(=O)c1cc(C(=O)Nc2ccccc2C(=O)OC)ccn1. The standard InChI is InChI=1S/C19H21N3O4/c1-4-22(5-2)18(24)16-12-13(10-11-20-16)17(23)21-15-9-7-6-8-14(15)19(25)26-3/h6-12H,4-5H2,1-3H3,(H,21,23). The van der Waals surface area contributed by atoms with E-state index in [0.29, 0.717) is 18.8 Å². The maximum atomic E-state index is 12.5. The lowest BCUT2D eigenvalue weighted by Gasteiger charge is -2.18. The monoisotopic (exact) mass is 355 g/mol. The molecule has 0 saturated heterocycles. The molecule has 0 spiro atoms. The first-order chi connectivity index (χ1) is 12.5. The summed E-state index contributed by atoms with van der Waals surface area (Å²) >= 11 is 0. The molecule has 0 radical (unpaired) electrons. The fraction of sp³-hybridized carbons (Fsp3) is 0.263. The number of carbonyl (C=O) groups excluding carboxylic acids is 3. The van der Waals surface area contributed by atoms with E-state index < -0.39 is 11.9 Å². The second kappa shape index (κ2) is 8.75. The minimum Gasteiger partial charge on any atom is -0.465 e. The lowest BCUT2D eigenvalue weighted by molar-refractivity contribution is 0.0601. The number of anilines is 1. The number of nitrogens with zero attached hydrogens (tertiary/aromatic N) is 2. The molecule has 1 heterocycles. The Morgan fingerprint density at radius 3 is 2.46 bits per heavy atom. The van der Waals surface area contributed by atoms with Gasteiger partial charge in [0.05, 0.1) is 18.4 Å². The third-order valence-corrected chi connectivity index (χ3v) is 3.87. The van der Waals surface area contributed by atoms with Crippen LogP contribution in [-0.2, 0) is 4.74 Å². The summed E-state index contributed by atoms with van der Waals surface area (Å²) in [7, 11) is 1.27. The Bertz CT molecular complexity index is 816. The third kappa shape index (κ3) is 4.24. The van der Waals surface area contributed by atoms with Crippen molar-refractivity contribution in [1.82, 2.24) is 9.88 Å². The number of para-hydroxylation sites is 1. The van der Waals surface area contributed by atoms with Crippen LogP contribution >= 0.6 is 0 Å². The molecule has 0 unspecified atom stereocenters. The third-order valence-electron chi connectivity index (χ3n) is 3.87. The number of pyridine rings is 1. The van der Waals surface area contributed by atoms with Gasteiger partial charge in [-0.1, -0.05) is 12.1 Å². The topological polar surface area (TPSA) is 88.6 Å². The van der Waals surface area contributed by atoms with Gasteiger partial charge in [-0.3, -0.25) is 14.6 Å². The van der Waals surface area contributed by atoms with Gasteiger partial charge >= 0.3 is 5.97 Å². The zero-order chi connectivity index (χ0) is 19.1. The summed E-state index contributed by atoms with van der Waals surface area (Å²) in [6.45, 7) is 4.86. The van der Waals surface area contributed by atoms with Gasteiger partial charge in [0, 0.05) is 24.8 Å². The molecule has 1 aromatic heterocycles. The average Bonchev–Trinajstić information content (AvgIpc) is 2.68. The number of hydrogen-bond donors (Lipinski definition) is 1. The molecule has 7 nitrogen and oxygen atoms in total. The van der Waals surface area contributed by atoms with Gasteiger partial charge in [-0.15, -0.1) is 0 Å². The second-order valence-electron chi connectivity index (χ2n) is 5.40. The molecule has 2 rings (SSSR count). The van der Waals surface area contributed by atoms with Gasteiger partial charge in [-0.2, -0.15) is 0 Å². The van der Waals surface area contributed by atoms with E-state index in [1.807, 2.05) is 13.8 Å². The summed E-state index contributed by atoms with van der Waals surface area (Å²) in [6, 6.07) is 9.49. The lowest BCUT2D eigenvalue weighted by Crippen LogP contribution is -2.31. The molecule has 0 aliphatic rings. The highest BCUT2D eigenvalue weighted by Crippen LogP contribution is 2.17. The number of nitrogens with one attached hydrogen (secondary N) is 1. The smallest absolute Gasteiger partial charge is 0.339 e. The molecule has 7 heteroatoms. The Kier molecular flexibility index (Phi) is 6.43. The first kappa shape index (κ1) is 19.1. The predicted octanol–water partition coefficient (Wildman–Crippen LogP) is 2.60. The van der Waals surface area contributed by atoms with E-state index in [-0.39, 0.29) is 22.7 Å². The summed E-state index contributed by atoms with van der Waals surface area (Å²) in [4.78, 5) is 42.4. The van der Waals surface area contributed by atoms with Gasteiger partial charge in [0.1, 0.15) is 5.69 Å². The molecule has 1 aromatic carbocycles. The van der Waals surface area contributed by atoms with Crippen molar-refractivity contribution in [2.75, 3.05) is 25.5 Å². The Morgan fingerprint density at radius 2 is 1.81 bits per heavy atom. The van der Waals surface area contributed by atoms with Crippen molar-refractivity contribution in [2.24, 2.45) is 0 Å². The van der Waals surface area contributed by atoms with Crippen LogP contribution in [0.1, 0.15) is 45.1 Å². The molecular formula is C19H21N3O4. The normalized spacial score (nSPS) is 10.1. The maximum absolute atomic E-state index is 12.5. The number of esters is 1. The summed E-state index contributed by atoms with van der Waals surface area (Å²) in [6.07, 6.45) is 1.41. The average molecular weight is 355 g/mol. The molecule has 2 aromatic rings. The highest BCUT2D eigenvalue weighted by molar-refractivity contribution is 6.08. The second-order valence-corrected chi connectivity index (χ2v) is 5.40. The summed E-state index contributed by atoms with van der Waals surface area (Å²) in [5.41, 5.74) is 1.05. The number of benzene rings is 1. The number of ether oxygens (including phenoxy) is 1. The largest absolute Gasteiger partial charge is 0.465 e. The van der Waals surface area contributed by atoms with Crippen LogP contribution in [0.2, 0.25) is 0 Å². The van der Waals surface area contributed by atoms with Crippen LogP contribution in [0.15, 0.2) is 42.6 Å². The highest BCUT2D eigenvalue weighted by Gasteiger charge is 2.18. The van der Waals surface area contributed by atoms with Crippen molar-refractivity contribution in [3.8, 4) is 0 Å². The van der Waals surface area contributed by atoms with Crippen LogP contribution < -0.4 is 5.32 Å². The molecular weight excluding hydrogens is 334 g/mol. The van der Waals surface area contributed by atoms with Crippen molar-refractivity contribution in [1.29, 1.82) is 0 Å². The summed E-state index contributed by atoms with van der Waals surface area (Å²) in [5, 5.41) is 2.67. The first-order valence-electron chi connectivity index (χ1n) is 8.25. The molecule has 1 N–H and O–H groups in total. The zero-order valence-corrected chi connectivity index (χ0v) is 15.0. The molecule has 0 aliphatic carbocycles. The Balaban J connectivity index is 2.25. The molecule has 0 atom stereocenters. The first-order valence-corrected chi connectivity index (χ1v) is 8.25. The van der Waals surface area contributed by atoms with Gasteiger partial charge < -0.3 is 15.0 Å². The number of rotatable bonds is 6. The zero-order valence-electron chi connectivity index (χ0n) is 15.0. The number of amides is 2. The fourth-order valence-corrected chi connectivity index (χ4v) is 2.44. The van der Waals surface area contributed by atoms with Crippen LogP contribution in [0.5, 0.6) is 0 Å². The number of hydrogen-bond acceptors (Lipinski definition) is 5. The Hall–Kier alpha value is -3.22. The molecule has 0 fully saturated rings. The van der Waals surface area contributed by atoms with E-state index in [0.717, 1.165) is 0 Å². The van der Waals surface area contributed by atoms with Crippen LogP contribution in [0.25, 0.3) is 0 Å². The van der Waals surface area contributed by atoms with E-state index in [4.69, 9.17) is 4.74 Å². The van der Waals surface area contributed by atoms with Gasteiger partial charge in [0.25, 0.3) is 11.8 Å². The van der Waals surface area contributed by atoms with Crippen molar-refractivity contribution >= 4 is 23.5 Å². The minimum absolute atomic E-state index is 0.197. The summed E-state index contributed by atoms with van der Waals surface area (Å²) in [5.74, 6) is -1.23. The predicted molar refractivity (Wildman–Crippen MR) is 97.2 cm³/mol. The summed E-state index contributed by atoms with van der Waals surface area (Å²) < 4.78 is 4.72. The van der Waals surface area contributed by atoms with Gasteiger partial charge in [-0.05, 0) is 38.1 Å². The molecule has 136 valence electrons. The maximum Gasteiger partial charge on any atom is 0.339 e. The fourth-order valence-electron chi connectivity index (χ4n) is 2.44. The Labute approximate surface area is 152 Å². The lowest BCUT2D eigenvalue weighted by atomic mass is 10.1. The van der Waals surface area contributed by atoms with Crippen molar-refractivity contribution in [2.45, 2.75) is 13.8 Å². The number of aromatic nitrogens is 1. The van der Waals surface area contributed by atoms with Crippen molar-refractivity contribution < 1.29 is 19.1 Å². The van der Waals surface area contributed by atoms with E-state index in [1.165, 1.54) is 25.4 Å². The van der Waals surface area contributed by atoms with E-state index in [9.17, 15) is 14.4 Å². The highest BCUT2D eigenvalue weighted by atomic mass is 16.5. The molecule has 0 aliphatic heterocycles. The minimum atomic E-state index is -0.548. The molecule has 26 heavy (non-hydrogen) atoms. The van der Waals surface area contributed by atoms with Crippen LogP contribution in [-0.4, -0.2) is 47.9 Å². The molecule has 0 bridgehead atoms. The van der Waals surface area contributed by atoms with Gasteiger partial charge in [-0.25, -0.2) is 4.79 Å². The van der Waals surface area contributed by atoms with E-state index in [2.05, 4.69) is 10.3 Å². The van der Waals surface area contributed by atoms with Crippen molar-refractivity contribution in [3.05, 3.63) is 59.4 Å². The van der Waals surface area contributed by atoms with Crippen molar-refractivity contribution in [3.63, 3.8) is 0 Å². The van der Waals surface area contributed by atoms with Crippen LogP contribution in [0.3, 0.4) is 0 Å². The van der Waals surface area contributed by atoms with Gasteiger partial charge in [0.15, 0.2) is 0 Å². The van der Waals surface area contributed by atoms with E-state index >= 15 is 0 Å². The molecule has 2 amide bonds. The van der Waals surface area contributed by atoms with Gasteiger partial charge in [0.2, 0.25) is 0 Å². The molecule has 0 saturated carbocycles. The quantitative estimate of drug-likeness (QED) is 0.805. The van der Waals surface area contributed by atoms with Crippen LogP contribution in [0.4, 0.5) is 5.69 Å². The number of methoxy groups -OCH3 is 1.